The van der Waals surface area contributed by atoms with E-state index >= 15 is 0 Å². The second-order valence-corrected chi connectivity index (χ2v) is 7.10. The summed E-state index contributed by atoms with van der Waals surface area (Å²) in [5.41, 5.74) is -0.0692. The predicted octanol–water partition coefficient (Wildman–Crippen LogP) is 3.10. The van der Waals surface area contributed by atoms with E-state index in [-0.39, 0.29) is 23.2 Å². The molecule has 1 aliphatic rings. The van der Waals surface area contributed by atoms with Crippen LogP contribution in [-0.2, 0) is 19.0 Å². The minimum absolute atomic E-state index is 0.0346. The van der Waals surface area contributed by atoms with Gasteiger partial charge in [0.1, 0.15) is 11.9 Å². The summed E-state index contributed by atoms with van der Waals surface area (Å²) in [6.07, 6.45) is 3.24. The van der Waals surface area contributed by atoms with Gasteiger partial charge >= 0.3 is 5.97 Å². The molecule has 128 valence electrons. The van der Waals surface area contributed by atoms with Gasteiger partial charge < -0.3 is 14.2 Å². The third kappa shape index (κ3) is 4.99. The highest BCUT2D eigenvalue weighted by Crippen LogP contribution is 2.39. The van der Waals surface area contributed by atoms with E-state index in [4.69, 9.17) is 9.47 Å². The van der Waals surface area contributed by atoms with Crippen LogP contribution in [0.2, 0.25) is 0 Å². The highest BCUT2D eigenvalue weighted by atomic mass is 16.5. The maximum Gasteiger partial charge on any atom is 0.333 e. The molecule has 1 saturated heterocycles. The van der Waals surface area contributed by atoms with Gasteiger partial charge in [0.05, 0.1) is 19.9 Å². The molecule has 0 amide bonds. The molecule has 0 aliphatic carbocycles. The lowest BCUT2D eigenvalue weighted by Gasteiger charge is -2.54. The van der Waals surface area contributed by atoms with Crippen molar-refractivity contribution in [3.05, 3.63) is 11.8 Å². The highest BCUT2D eigenvalue weighted by molar-refractivity contribution is 5.82. The quantitative estimate of drug-likeness (QED) is 0.428. The Morgan fingerprint density at radius 3 is 2.23 bits per heavy atom. The van der Waals surface area contributed by atoms with Crippen LogP contribution < -0.4 is 0 Å². The first-order valence-electron chi connectivity index (χ1n) is 7.91. The Morgan fingerprint density at radius 2 is 1.77 bits per heavy atom. The van der Waals surface area contributed by atoms with E-state index in [1.165, 1.54) is 13.2 Å². The van der Waals surface area contributed by atoms with Crippen molar-refractivity contribution < 1.29 is 19.0 Å². The van der Waals surface area contributed by atoms with Gasteiger partial charge in [-0.2, -0.15) is 0 Å². The highest BCUT2D eigenvalue weighted by Gasteiger charge is 2.46. The number of esters is 1. The minimum atomic E-state index is -0.384. The number of methoxy groups -OCH3 is 1. The zero-order chi connectivity index (χ0) is 17.0. The number of hydrogen-bond acceptors (Lipinski definition) is 5. The topological polar surface area (TPSA) is 48.0 Å². The number of piperidine rings is 1. The van der Waals surface area contributed by atoms with E-state index in [9.17, 15) is 4.79 Å². The van der Waals surface area contributed by atoms with Gasteiger partial charge in [0.25, 0.3) is 0 Å². The number of allylic oxidation sites excluding steroid dienone is 1. The van der Waals surface area contributed by atoms with E-state index in [2.05, 4.69) is 37.3 Å². The molecule has 5 nitrogen and oxygen atoms in total. The summed E-state index contributed by atoms with van der Waals surface area (Å²) in [6, 6.07) is 0. The van der Waals surface area contributed by atoms with E-state index in [1.54, 1.807) is 6.92 Å². The molecule has 1 aliphatic heterocycles. The molecule has 5 heteroatoms. The maximum absolute atomic E-state index is 11.3. The second kappa shape index (κ2) is 7.47. The molecular weight excluding hydrogens is 282 g/mol. The van der Waals surface area contributed by atoms with Crippen LogP contribution in [0.5, 0.6) is 0 Å². The molecule has 0 bridgehead atoms. The summed E-state index contributed by atoms with van der Waals surface area (Å²) in [5, 5.41) is 0. The van der Waals surface area contributed by atoms with Crippen molar-refractivity contribution in [3.63, 3.8) is 0 Å². The van der Waals surface area contributed by atoms with Crippen molar-refractivity contribution in [3.8, 4) is 0 Å². The number of rotatable bonds is 6. The van der Waals surface area contributed by atoms with Crippen LogP contribution in [0.1, 0.15) is 54.4 Å². The number of carbonyl (C=O) groups excluding carboxylic acids is 1. The van der Waals surface area contributed by atoms with Gasteiger partial charge in [0.2, 0.25) is 0 Å². The molecule has 0 unspecified atom stereocenters. The van der Waals surface area contributed by atoms with E-state index in [1.807, 2.05) is 6.92 Å². The summed E-state index contributed by atoms with van der Waals surface area (Å²) in [4.78, 5) is 13.7. The van der Waals surface area contributed by atoms with Gasteiger partial charge in [0, 0.05) is 30.5 Å². The molecular formula is C17H31NO4. The van der Waals surface area contributed by atoms with E-state index < -0.39 is 0 Å². The van der Waals surface area contributed by atoms with Gasteiger partial charge in [-0.3, -0.25) is 4.90 Å². The maximum atomic E-state index is 11.3. The molecule has 0 N–H and O–H groups in total. The van der Waals surface area contributed by atoms with Crippen LogP contribution in [0.25, 0.3) is 0 Å². The lowest BCUT2D eigenvalue weighted by Crippen LogP contribution is -2.62. The van der Waals surface area contributed by atoms with Gasteiger partial charge in [-0.15, -0.1) is 0 Å². The van der Waals surface area contributed by atoms with Gasteiger partial charge in [-0.05, 0) is 41.5 Å². The standard InChI is InChI=1S/C17H31NO4/c1-8-21-12-18-16(3,4)10-14(11-17(18,5)6)22-13(2)9-15(19)20-7/h9,14H,8,10-12H2,1-7H3/b13-9-. The molecule has 0 radical (unpaired) electrons. The largest absolute Gasteiger partial charge is 0.495 e. The average Bonchev–Trinajstić information content (AvgIpc) is 2.35. The van der Waals surface area contributed by atoms with Crippen molar-refractivity contribution in [1.82, 2.24) is 4.90 Å². The van der Waals surface area contributed by atoms with Gasteiger partial charge in [0.15, 0.2) is 0 Å². The number of hydrogen-bond donors (Lipinski definition) is 0. The number of ether oxygens (including phenoxy) is 3. The number of carbonyl (C=O) groups is 1. The third-order valence-electron chi connectivity index (χ3n) is 4.22. The smallest absolute Gasteiger partial charge is 0.333 e. The second-order valence-electron chi connectivity index (χ2n) is 7.10. The zero-order valence-corrected chi connectivity index (χ0v) is 15.1. The molecule has 1 heterocycles. The van der Waals surface area contributed by atoms with Crippen molar-refractivity contribution in [1.29, 1.82) is 0 Å². The Balaban J connectivity index is 2.80. The van der Waals surface area contributed by atoms with Gasteiger partial charge in [-0.25, -0.2) is 4.79 Å². The Kier molecular flexibility index (Phi) is 6.44. The molecule has 1 fully saturated rings. The first kappa shape index (κ1) is 19.0. The Morgan fingerprint density at radius 1 is 1.23 bits per heavy atom. The molecule has 0 aromatic heterocycles. The molecule has 0 aromatic carbocycles. The Hall–Kier alpha value is -1.07. The van der Waals surface area contributed by atoms with Crippen molar-refractivity contribution in [2.75, 3.05) is 20.4 Å². The molecule has 0 atom stereocenters. The minimum Gasteiger partial charge on any atom is -0.495 e. The van der Waals surface area contributed by atoms with Crippen molar-refractivity contribution in [2.45, 2.75) is 71.6 Å². The van der Waals surface area contributed by atoms with Crippen LogP contribution in [0, 0.1) is 0 Å². The lowest BCUT2D eigenvalue weighted by molar-refractivity contribution is -0.138. The van der Waals surface area contributed by atoms with Crippen molar-refractivity contribution >= 4 is 5.97 Å². The molecule has 1 rings (SSSR count). The molecule has 22 heavy (non-hydrogen) atoms. The fourth-order valence-electron chi connectivity index (χ4n) is 3.36. The summed E-state index contributed by atoms with van der Waals surface area (Å²) in [7, 11) is 1.37. The lowest BCUT2D eigenvalue weighted by atomic mass is 9.78. The fraction of sp³-hybridized carbons (Fsp3) is 0.824. The first-order valence-corrected chi connectivity index (χ1v) is 7.91. The summed E-state index contributed by atoms with van der Waals surface area (Å²) in [6.45, 7) is 14.0. The van der Waals surface area contributed by atoms with E-state index in [0.29, 0.717) is 19.1 Å². The molecule has 0 aromatic rings. The Bertz CT molecular complexity index is 397. The normalized spacial score (nSPS) is 22.4. The van der Waals surface area contributed by atoms with Crippen molar-refractivity contribution in [2.24, 2.45) is 0 Å². The average molecular weight is 313 g/mol. The zero-order valence-electron chi connectivity index (χ0n) is 15.1. The van der Waals surface area contributed by atoms with Crippen LogP contribution >= 0.6 is 0 Å². The van der Waals surface area contributed by atoms with Gasteiger partial charge in [-0.1, -0.05) is 0 Å². The van der Waals surface area contributed by atoms with E-state index in [0.717, 1.165) is 12.8 Å². The van der Waals surface area contributed by atoms with Crippen LogP contribution in [0.3, 0.4) is 0 Å². The third-order valence-corrected chi connectivity index (χ3v) is 4.22. The summed E-state index contributed by atoms with van der Waals surface area (Å²) < 4.78 is 16.3. The van der Waals surface area contributed by atoms with Crippen LogP contribution in [0.15, 0.2) is 11.8 Å². The molecule has 0 saturated carbocycles. The summed E-state index contributed by atoms with van der Waals surface area (Å²) >= 11 is 0. The van der Waals surface area contributed by atoms with Crippen LogP contribution in [-0.4, -0.2) is 48.5 Å². The Labute approximate surface area is 134 Å². The number of likely N-dealkylation sites (tertiary alicyclic amines) is 1. The SMILES string of the molecule is CCOCN1C(C)(C)CC(O/C(C)=C\C(=O)OC)CC1(C)C. The monoisotopic (exact) mass is 313 g/mol. The summed E-state index contributed by atoms with van der Waals surface area (Å²) in [5.74, 6) is 0.214. The number of nitrogens with zero attached hydrogens (tertiary/aromatic N) is 1. The van der Waals surface area contributed by atoms with Crippen LogP contribution in [0.4, 0.5) is 0 Å². The predicted molar refractivity (Wildman–Crippen MR) is 86.4 cm³/mol. The fourth-order valence-corrected chi connectivity index (χ4v) is 3.36. The first-order chi connectivity index (χ1) is 10.1. The molecule has 0 spiro atoms.